The third-order valence-corrected chi connectivity index (χ3v) is 3.41. The molecule has 0 aromatic heterocycles. The van der Waals surface area contributed by atoms with Gasteiger partial charge >= 0.3 is 0 Å². The lowest BCUT2D eigenvalue weighted by molar-refractivity contribution is -0.121. The summed E-state index contributed by atoms with van der Waals surface area (Å²) in [4.78, 5) is 25.2. The number of benzene rings is 1. The monoisotopic (exact) mass is 361 g/mol. The van der Waals surface area contributed by atoms with Gasteiger partial charge in [-0.2, -0.15) is 0 Å². The molecule has 0 radical (unpaired) electrons. The molecule has 0 spiro atoms. The Kier molecular flexibility index (Phi) is 5.83. The minimum absolute atomic E-state index is 0. The Bertz CT molecular complexity index is 520. The third-order valence-electron chi connectivity index (χ3n) is 2.91. The van der Waals surface area contributed by atoms with Gasteiger partial charge in [0, 0.05) is 23.2 Å². The van der Waals surface area contributed by atoms with E-state index in [0.29, 0.717) is 17.3 Å². The molecule has 1 aromatic carbocycles. The molecule has 1 aliphatic carbocycles. The number of amides is 2. The number of rotatable bonds is 4. The zero-order chi connectivity index (χ0) is 14.0. The molecule has 0 heterocycles. The Balaban J connectivity index is 0.00000200. The summed E-state index contributed by atoms with van der Waals surface area (Å²) in [5.41, 5.74) is 6.61. The van der Waals surface area contributed by atoms with Crippen LogP contribution in [0.15, 0.2) is 22.7 Å². The molecule has 5 nitrogen and oxygen atoms in total. The first-order valence-electron chi connectivity index (χ1n) is 6.07. The van der Waals surface area contributed by atoms with Crippen molar-refractivity contribution >= 4 is 45.8 Å². The Morgan fingerprint density at radius 2 is 2.10 bits per heavy atom. The number of nitrogens with zero attached hydrogens (tertiary/aromatic N) is 1. The highest BCUT2D eigenvalue weighted by Crippen LogP contribution is 2.20. The van der Waals surface area contributed by atoms with Crippen molar-refractivity contribution in [3.05, 3.63) is 28.2 Å². The van der Waals surface area contributed by atoms with E-state index >= 15 is 0 Å². The molecule has 1 aliphatic rings. The van der Waals surface area contributed by atoms with Crippen molar-refractivity contribution in [2.24, 2.45) is 0 Å². The lowest BCUT2D eigenvalue weighted by Gasteiger charge is -2.17. The topological polar surface area (TPSA) is 75.4 Å². The fraction of sp³-hybridized carbons (Fsp3) is 0.385. The standard InChI is InChI=1S/C13H16BrN3O2.ClH/c1-17(7-12(18)16-9-3-4-9)13(19)10-5-2-8(14)6-11(10)15;/h2,5-6,9H,3-4,7,15H2,1H3,(H,16,18);1H. The molecule has 110 valence electrons. The smallest absolute Gasteiger partial charge is 0.256 e. The normalized spacial score (nSPS) is 13.3. The first-order valence-corrected chi connectivity index (χ1v) is 6.86. The first-order chi connectivity index (χ1) is 8.97. The summed E-state index contributed by atoms with van der Waals surface area (Å²) >= 11 is 3.29. The number of carbonyl (C=O) groups is 2. The lowest BCUT2D eigenvalue weighted by atomic mass is 10.1. The van der Waals surface area contributed by atoms with Crippen molar-refractivity contribution < 1.29 is 9.59 Å². The minimum atomic E-state index is -0.254. The Labute approximate surface area is 132 Å². The summed E-state index contributed by atoms with van der Waals surface area (Å²) in [5, 5.41) is 2.84. The van der Waals surface area contributed by atoms with Crippen molar-refractivity contribution in [3.63, 3.8) is 0 Å². The Morgan fingerprint density at radius 3 is 2.65 bits per heavy atom. The highest BCUT2D eigenvalue weighted by atomic mass is 79.9. The van der Waals surface area contributed by atoms with Crippen molar-refractivity contribution in [1.82, 2.24) is 10.2 Å². The number of nitrogens with one attached hydrogen (secondary N) is 1. The van der Waals surface area contributed by atoms with Crippen LogP contribution in [0.4, 0.5) is 5.69 Å². The molecule has 0 aliphatic heterocycles. The molecule has 3 N–H and O–H groups in total. The van der Waals surface area contributed by atoms with Gasteiger partial charge in [0.2, 0.25) is 5.91 Å². The van der Waals surface area contributed by atoms with E-state index in [0.717, 1.165) is 17.3 Å². The number of hydrogen-bond acceptors (Lipinski definition) is 3. The van der Waals surface area contributed by atoms with E-state index in [9.17, 15) is 9.59 Å². The SMILES string of the molecule is CN(CC(=O)NC1CC1)C(=O)c1ccc(Br)cc1N.Cl. The van der Waals surface area contributed by atoms with Crippen LogP contribution < -0.4 is 11.1 Å². The molecular formula is C13H17BrClN3O2. The van der Waals surface area contributed by atoms with Crippen LogP contribution in [0.25, 0.3) is 0 Å². The van der Waals surface area contributed by atoms with Crippen molar-refractivity contribution in [2.75, 3.05) is 19.3 Å². The quantitative estimate of drug-likeness (QED) is 0.802. The van der Waals surface area contributed by atoms with Gasteiger partial charge in [-0.25, -0.2) is 0 Å². The predicted octanol–water partition coefficient (Wildman–Crippen LogP) is 1.80. The maximum atomic E-state index is 12.2. The van der Waals surface area contributed by atoms with E-state index in [-0.39, 0.29) is 30.8 Å². The number of nitrogen functional groups attached to an aromatic ring is 1. The van der Waals surface area contributed by atoms with Crippen LogP contribution in [0, 0.1) is 0 Å². The first kappa shape index (κ1) is 16.8. The van der Waals surface area contributed by atoms with E-state index in [1.165, 1.54) is 4.90 Å². The zero-order valence-electron chi connectivity index (χ0n) is 11.1. The molecule has 0 atom stereocenters. The van der Waals surface area contributed by atoms with Crippen molar-refractivity contribution in [3.8, 4) is 0 Å². The van der Waals surface area contributed by atoms with Gasteiger partial charge in [0.15, 0.2) is 0 Å². The van der Waals surface area contributed by atoms with Gasteiger partial charge < -0.3 is 16.0 Å². The molecule has 0 saturated heterocycles. The molecule has 0 bridgehead atoms. The molecule has 1 saturated carbocycles. The molecule has 20 heavy (non-hydrogen) atoms. The van der Waals surface area contributed by atoms with Gasteiger partial charge in [0.1, 0.15) is 0 Å². The van der Waals surface area contributed by atoms with Gasteiger partial charge in [-0.3, -0.25) is 9.59 Å². The van der Waals surface area contributed by atoms with Crippen LogP contribution >= 0.6 is 28.3 Å². The van der Waals surface area contributed by atoms with E-state index in [1.807, 2.05) is 0 Å². The molecule has 1 fully saturated rings. The highest BCUT2D eigenvalue weighted by Gasteiger charge is 2.24. The van der Waals surface area contributed by atoms with Crippen LogP contribution in [0.1, 0.15) is 23.2 Å². The summed E-state index contributed by atoms with van der Waals surface area (Å²) in [6, 6.07) is 5.37. The summed E-state index contributed by atoms with van der Waals surface area (Å²) in [6.45, 7) is 0.0465. The van der Waals surface area contributed by atoms with Crippen LogP contribution in [0.3, 0.4) is 0 Å². The van der Waals surface area contributed by atoms with Crippen molar-refractivity contribution in [2.45, 2.75) is 18.9 Å². The van der Waals surface area contributed by atoms with E-state index in [1.54, 1.807) is 25.2 Å². The molecule has 1 aromatic rings. The van der Waals surface area contributed by atoms with Gasteiger partial charge in [0.05, 0.1) is 12.1 Å². The summed E-state index contributed by atoms with van der Waals surface area (Å²) in [7, 11) is 1.59. The Hall–Kier alpha value is -1.27. The van der Waals surface area contributed by atoms with E-state index < -0.39 is 0 Å². The second-order valence-corrected chi connectivity index (χ2v) is 5.65. The molecule has 2 amide bonds. The molecule has 2 rings (SSSR count). The number of likely N-dealkylation sites (N-methyl/N-ethyl adjacent to an activating group) is 1. The Morgan fingerprint density at radius 1 is 1.45 bits per heavy atom. The van der Waals surface area contributed by atoms with Gasteiger partial charge in [0.25, 0.3) is 5.91 Å². The van der Waals surface area contributed by atoms with Crippen LogP contribution in [0.2, 0.25) is 0 Å². The lowest BCUT2D eigenvalue weighted by Crippen LogP contribution is -2.39. The van der Waals surface area contributed by atoms with Gasteiger partial charge in [-0.05, 0) is 31.0 Å². The average molecular weight is 363 g/mol. The second kappa shape index (κ2) is 6.95. The second-order valence-electron chi connectivity index (χ2n) is 4.73. The zero-order valence-corrected chi connectivity index (χ0v) is 13.5. The minimum Gasteiger partial charge on any atom is -0.398 e. The fourth-order valence-electron chi connectivity index (χ4n) is 1.72. The third kappa shape index (κ3) is 4.38. The number of carbonyl (C=O) groups excluding carboxylic acids is 2. The number of anilines is 1. The molecule has 0 unspecified atom stereocenters. The maximum absolute atomic E-state index is 12.2. The average Bonchev–Trinajstić information content (AvgIpc) is 3.11. The van der Waals surface area contributed by atoms with E-state index in [2.05, 4.69) is 21.2 Å². The summed E-state index contributed by atoms with van der Waals surface area (Å²) < 4.78 is 0.815. The number of nitrogens with two attached hydrogens (primary N) is 1. The van der Waals surface area contributed by atoms with Crippen molar-refractivity contribution in [1.29, 1.82) is 0 Å². The number of hydrogen-bond donors (Lipinski definition) is 2. The predicted molar refractivity (Wildman–Crippen MR) is 83.9 cm³/mol. The fourth-order valence-corrected chi connectivity index (χ4v) is 2.10. The number of halogens is 2. The molecule has 7 heteroatoms. The van der Waals surface area contributed by atoms with E-state index in [4.69, 9.17) is 5.73 Å². The van der Waals surface area contributed by atoms with Gasteiger partial charge in [-0.15, -0.1) is 12.4 Å². The largest absolute Gasteiger partial charge is 0.398 e. The molecular weight excluding hydrogens is 346 g/mol. The highest BCUT2D eigenvalue weighted by molar-refractivity contribution is 9.10. The maximum Gasteiger partial charge on any atom is 0.256 e. The van der Waals surface area contributed by atoms with Crippen LogP contribution in [-0.2, 0) is 4.79 Å². The van der Waals surface area contributed by atoms with Crippen LogP contribution in [0.5, 0.6) is 0 Å². The summed E-state index contributed by atoms with van der Waals surface area (Å²) in [6.07, 6.45) is 2.06. The van der Waals surface area contributed by atoms with Crippen LogP contribution in [-0.4, -0.2) is 36.3 Å². The summed E-state index contributed by atoms with van der Waals surface area (Å²) in [5.74, 6) is -0.384. The van der Waals surface area contributed by atoms with Gasteiger partial charge in [-0.1, -0.05) is 15.9 Å².